The fourth-order valence-corrected chi connectivity index (χ4v) is 3.18. The van der Waals surface area contributed by atoms with E-state index in [0.29, 0.717) is 31.8 Å². The van der Waals surface area contributed by atoms with Crippen molar-refractivity contribution in [3.8, 4) is 0 Å². The number of carbonyl (C=O) groups is 1. The molecule has 152 valence electrons. The predicted octanol–water partition coefficient (Wildman–Crippen LogP) is 3.64. The maximum absolute atomic E-state index is 13.1. The van der Waals surface area contributed by atoms with E-state index in [1.54, 1.807) is 31.7 Å². The van der Waals surface area contributed by atoms with Crippen molar-refractivity contribution in [2.75, 3.05) is 33.4 Å². The smallest absolute Gasteiger partial charge is 0.416 e. The largest absolute Gasteiger partial charge is 0.444 e. The number of halogens is 3. The lowest BCUT2D eigenvalue weighted by molar-refractivity contribution is -0.137. The van der Waals surface area contributed by atoms with E-state index in [0.717, 1.165) is 12.1 Å². The highest BCUT2D eigenvalue weighted by molar-refractivity contribution is 5.69. The minimum absolute atomic E-state index is 0.267. The number of methoxy groups -OCH3 is 1. The zero-order valence-electron chi connectivity index (χ0n) is 16.1. The number of ether oxygens (including phenoxy) is 2. The van der Waals surface area contributed by atoms with Crippen LogP contribution in [0.25, 0.3) is 0 Å². The Labute approximate surface area is 157 Å². The Balaban J connectivity index is 2.28. The van der Waals surface area contributed by atoms with Crippen molar-refractivity contribution in [3.05, 3.63) is 35.4 Å². The van der Waals surface area contributed by atoms with Gasteiger partial charge in [0.1, 0.15) is 5.60 Å². The molecular weight excluding hydrogens is 361 g/mol. The van der Waals surface area contributed by atoms with Crippen LogP contribution >= 0.6 is 0 Å². The molecule has 1 fully saturated rings. The number of alkyl halides is 3. The first kappa shape index (κ1) is 21.5. The van der Waals surface area contributed by atoms with Crippen LogP contribution < -0.4 is 5.32 Å². The van der Waals surface area contributed by atoms with E-state index in [2.05, 4.69) is 5.32 Å². The van der Waals surface area contributed by atoms with Crippen molar-refractivity contribution in [2.45, 2.75) is 44.5 Å². The van der Waals surface area contributed by atoms with E-state index < -0.39 is 23.4 Å². The van der Waals surface area contributed by atoms with Crippen molar-refractivity contribution in [1.82, 2.24) is 10.2 Å². The summed E-state index contributed by atoms with van der Waals surface area (Å²) in [5.41, 5.74) is -0.808. The van der Waals surface area contributed by atoms with Gasteiger partial charge in [-0.1, -0.05) is 18.2 Å². The molecule has 27 heavy (non-hydrogen) atoms. The molecular formula is C19H27F3N2O3. The molecule has 2 atom stereocenters. The van der Waals surface area contributed by atoms with Crippen LogP contribution in [0, 0.1) is 0 Å². The zero-order valence-corrected chi connectivity index (χ0v) is 16.1. The zero-order chi connectivity index (χ0) is 20.2. The van der Waals surface area contributed by atoms with Gasteiger partial charge >= 0.3 is 12.3 Å². The summed E-state index contributed by atoms with van der Waals surface area (Å²) >= 11 is 0. The van der Waals surface area contributed by atoms with Crippen LogP contribution in [0.5, 0.6) is 0 Å². The minimum Gasteiger partial charge on any atom is -0.444 e. The Morgan fingerprint density at radius 2 is 1.96 bits per heavy atom. The maximum atomic E-state index is 13.1. The number of nitrogens with one attached hydrogen (secondary N) is 1. The summed E-state index contributed by atoms with van der Waals surface area (Å²) in [6.45, 7) is 6.89. The Morgan fingerprint density at radius 3 is 2.56 bits per heavy atom. The molecule has 0 unspecified atom stereocenters. The molecule has 0 aromatic heterocycles. The summed E-state index contributed by atoms with van der Waals surface area (Å²) in [7, 11) is 1.53. The van der Waals surface area contributed by atoms with Gasteiger partial charge in [-0.25, -0.2) is 4.79 Å². The van der Waals surface area contributed by atoms with Crippen molar-refractivity contribution in [1.29, 1.82) is 0 Å². The molecule has 0 saturated carbocycles. The highest BCUT2D eigenvalue weighted by Gasteiger charge is 2.38. The Morgan fingerprint density at radius 1 is 1.26 bits per heavy atom. The molecule has 8 heteroatoms. The first-order valence-electron chi connectivity index (χ1n) is 8.89. The number of benzene rings is 1. The number of hydrogen-bond acceptors (Lipinski definition) is 4. The second-order valence-electron chi connectivity index (χ2n) is 7.62. The Hall–Kier alpha value is -1.80. The molecule has 1 amide bonds. The molecule has 1 aromatic rings. The van der Waals surface area contributed by atoms with Gasteiger partial charge in [-0.2, -0.15) is 13.2 Å². The second-order valence-corrected chi connectivity index (χ2v) is 7.62. The molecule has 1 N–H and O–H groups in total. The first-order valence-corrected chi connectivity index (χ1v) is 8.89. The molecule has 0 spiro atoms. The molecule has 1 aliphatic heterocycles. The minimum atomic E-state index is -4.40. The number of amides is 1. The lowest BCUT2D eigenvalue weighted by Crippen LogP contribution is -2.47. The molecule has 1 saturated heterocycles. The van der Waals surface area contributed by atoms with E-state index >= 15 is 0 Å². The van der Waals surface area contributed by atoms with Crippen LogP contribution in [0.15, 0.2) is 24.3 Å². The third-order valence-corrected chi connectivity index (χ3v) is 4.39. The topological polar surface area (TPSA) is 50.8 Å². The first-order chi connectivity index (χ1) is 12.5. The molecule has 5 nitrogen and oxygen atoms in total. The van der Waals surface area contributed by atoms with Crippen LogP contribution in [0.4, 0.5) is 18.0 Å². The lowest BCUT2D eigenvalue weighted by atomic mass is 9.92. The Bertz CT molecular complexity index is 644. The SMILES string of the molecule is COCCN(C(=O)OC(C)(C)C)[C@@H]1CNC[C@H]1c1cccc(C(F)(F)F)c1. The van der Waals surface area contributed by atoms with Gasteiger partial charge in [-0.3, -0.25) is 0 Å². The lowest BCUT2D eigenvalue weighted by Gasteiger charge is -2.34. The fraction of sp³-hybridized carbons (Fsp3) is 0.632. The number of nitrogens with zero attached hydrogens (tertiary/aromatic N) is 1. The maximum Gasteiger partial charge on any atom is 0.416 e. The van der Waals surface area contributed by atoms with Crippen LogP contribution in [0.1, 0.15) is 37.8 Å². The van der Waals surface area contributed by atoms with E-state index in [1.807, 2.05) is 0 Å². The summed E-state index contributed by atoms with van der Waals surface area (Å²) in [6.07, 6.45) is -4.90. The highest BCUT2D eigenvalue weighted by Crippen LogP contribution is 2.34. The monoisotopic (exact) mass is 388 g/mol. The van der Waals surface area contributed by atoms with Gasteiger partial charge in [0.25, 0.3) is 0 Å². The molecule has 1 aliphatic rings. The van der Waals surface area contributed by atoms with Gasteiger partial charge < -0.3 is 19.7 Å². The molecule has 0 bridgehead atoms. The van der Waals surface area contributed by atoms with Gasteiger partial charge in [0.15, 0.2) is 0 Å². The van der Waals surface area contributed by atoms with Crippen LogP contribution in [0.3, 0.4) is 0 Å². The van der Waals surface area contributed by atoms with Gasteiger partial charge in [0.05, 0.1) is 18.2 Å². The summed E-state index contributed by atoms with van der Waals surface area (Å²) in [4.78, 5) is 14.3. The third kappa shape index (κ3) is 5.84. The van der Waals surface area contributed by atoms with Gasteiger partial charge in [0, 0.05) is 32.7 Å². The highest BCUT2D eigenvalue weighted by atomic mass is 19.4. The fourth-order valence-electron chi connectivity index (χ4n) is 3.18. The van der Waals surface area contributed by atoms with Crippen LogP contribution in [-0.4, -0.2) is 56.0 Å². The van der Waals surface area contributed by atoms with E-state index in [-0.39, 0.29) is 12.0 Å². The van der Waals surface area contributed by atoms with Crippen molar-refractivity contribution < 1.29 is 27.4 Å². The van der Waals surface area contributed by atoms with Gasteiger partial charge in [-0.05, 0) is 32.4 Å². The van der Waals surface area contributed by atoms with E-state index in [4.69, 9.17) is 9.47 Å². The number of hydrogen-bond donors (Lipinski definition) is 1. The average molecular weight is 388 g/mol. The number of carbonyl (C=O) groups excluding carboxylic acids is 1. The van der Waals surface area contributed by atoms with Crippen LogP contribution in [-0.2, 0) is 15.7 Å². The van der Waals surface area contributed by atoms with Crippen molar-refractivity contribution >= 4 is 6.09 Å². The second kappa shape index (κ2) is 8.48. The summed E-state index contributed by atoms with van der Waals surface area (Å²) < 4.78 is 49.8. The molecule has 0 radical (unpaired) electrons. The summed E-state index contributed by atoms with van der Waals surface area (Å²) in [5, 5.41) is 3.18. The Kier molecular flexibility index (Phi) is 6.75. The molecule has 1 aromatic carbocycles. The molecule has 2 rings (SSSR count). The normalized spacial score (nSPS) is 20.6. The van der Waals surface area contributed by atoms with E-state index in [1.165, 1.54) is 13.2 Å². The molecule has 1 heterocycles. The molecule has 0 aliphatic carbocycles. The standard InChI is InChI=1S/C19H27F3N2O3/c1-18(2,3)27-17(25)24(8-9-26-4)16-12-23-11-15(16)13-6-5-7-14(10-13)19(20,21)22/h5-7,10,15-16,23H,8-9,11-12H2,1-4H3/t15-,16+/m0/s1. The summed E-state index contributed by atoms with van der Waals surface area (Å²) in [5.74, 6) is -0.267. The van der Waals surface area contributed by atoms with Crippen molar-refractivity contribution in [2.24, 2.45) is 0 Å². The van der Waals surface area contributed by atoms with Crippen molar-refractivity contribution in [3.63, 3.8) is 0 Å². The van der Waals surface area contributed by atoms with Gasteiger partial charge in [-0.15, -0.1) is 0 Å². The summed E-state index contributed by atoms with van der Waals surface area (Å²) in [6, 6.07) is 4.97. The van der Waals surface area contributed by atoms with Gasteiger partial charge in [0.2, 0.25) is 0 Å². The van der Waals surface area contributed by atoms with Crippen LogP contribution in [0.2, 0.25) is 0 Å². The predicted molar refractivity (Wildman–Crippen MR) is 95.7 cm³/mol. The average Bonchev–Trinajstić information content (AvgIpc) is 3.02. The number of rotatable bonds is 5. The van der Waals surface area contributed by atoms with E-state index in [9.17, 15) is 18.0 Å². The quantitative estimate of drug-likeness (QED) is 0.837. The third-order valence-electron chi connectivity index (χ3n) is 4.39.